The molecule has 0 radical (unpaired) electrons. The van der Waals surface area contributed by atoms with Crippen LogP contribution < -0.4 is 5.32 Å². The molecule has 188 valence electrons. The summed E-state index contributed by atoms with van der Waals surface area (Å²) in [4.78, 5) is 51.8. The molecule has 0 aromatic rings. The van der Waals surface area contributed by atoms with Crippen molar-refractivity contribution in [3.05, 3.63) is 0 Å². The first-order valence-electron chi connectivity index (χ1n) is 11.9. The molecule has 0 aliphatic carbocycles. The number of nitrogens with zero attached hydrogens (tertiary/aromatic N) is 2. The Morgan fingerprint density at radius 3 is 2.30 bits per heavy atom. The summed E-state index contributed by atoms with van der Waals surface area (Å²) in [7, 11) is 0. The second-order valence-electron chi connectivity index (χ2n) is 10.1. The van der Waals surface area contributed by atoms with Crippen LogP contribution in [-0.2, 0) is 19.1 Å². The standard InChI is InChI=1S/C23H39N3O7/c1-23(2,3)33-22(32)25-11-8-16(9-12-25)6-7-19(28)26-10-4-5-17(14-26)20(29)24-13-18(15-27)21(30)31/h16-18,27H,4-15H2,1-3H3,(H,24,29)(H,30,31)/t17-,18?/m1/s1. The number of piperidine rings is 2. The smallest absolute Gasteiger partial charge is 0.410 e. The number of aliphatic carboxylic acids is 1. The topological polar surface area (TPSA) is 136 Å². The summed E-state index contributed by atoms with van der Waals surface area (Å²) in [5.41, 5.74) is -0.514. The summed E-state index contributed by atoms with van der Waals surface area (Å²) in [6.07, 6.45) is 3.93. The summed E-state index contributed by atoms with van der Waals surface area (Å²) >= 11 is 0. The lowest BCUT2D eigenvalue weighted by Gasteiger charge is -2.34. The summed E-state index contributed by atoms with van der Waals surface area (Å²) < 4.78 is 5.42. The van der Waals surface area contributed by atoms with Crippen molar-refractivity contribution in [3.63, 3.8) is 0 Å². The number of ether oxygens (including phenoxy) is 1. The second-order valence-corrected chi connectivity index (χ2v) is 10.1. The van der Waals surface area contributed by atoms with E-state index in [1.54, 1.807) is 9.80 Å². The number of carboxylic acid groups (broad SMARTS) is 1. The number of carboxylic acids is 1. The van der Waals surface area contributed by atoms with Crippen LogP contribution in [-0.4, -0.2) is 88.8 Å². The molecule has 3 N–H and O–H groups in total. The molecule has 0 aromatic heterocycles. The van der Waals surface area contributed by atoms with Crippen molar-refractivity contribution < 1.29 is 34.1 Å². The van der Waals surface area contributed by atoms with Gasteiger partial charge in [-0.25, -0.2) is 4.79 Å². The maximum atomic E-state index is 12.7. The van der Waals surface area contributed by atoms with E-state index in [-0.39, 0.29) is 30.4 Å². The summed E-state index contributed by atoms with van der Waals surface area (Å²) in [6.45, 7) is 7.08. The molecule has 2 aliphatic rings. The largest absolute Gasteiger partial charge is 0.481 e. The zero-order valence-electron chi connectivity index (χ0n) is 20.0. The second kappa shape index (κ2) is 12.2. The van der Waals surface area contributed by atoms with Gasteiger partial charge in [0.1, 0.15) is 5.60 Å². The van der Waals surface area contributed by atoms with Crippen molar-refractivity contribution in [2.45, 2.75) is 64.9 Å². The van der Waals surface area contributed by atoms with Gasteiger partial charge in [-0.3, -0.25) is 14.4 Å². The fourth-order valence-corrected chi connectivity index (χ4v) is 4.23. The number of rotatable bonds is 8. The minimum Gasteiger partial charge on any atom is -0.481 e. The first kappa shape index (κ1) is 26.9. The SMILES string of the molecule is CC(C)(C)OC(=O)N1CCC(CCC(=O)N2CCC[C@@H](C(=O)NCC(CO)C(=O)O)C2)CC1. The fourth-order valence-electron chi connectivity index (χ4n) is 4.23. The third kappa shape index (κ3) is 8.83. The van der Waals surface area contributed by atoms with Crippen LogP contribution in [0.3, 0.4) is 0 Å². The van der Waals surface area contributed by atoms with Crippen LogP contribution in [0.2, 0.25) is 0 Å². The van der Waals surface area contributed by atoms with Crippen molar-refractivity contribution >= 4 is 23.9 Å². The van der Waals surface area contributed by atoms with Gasteiger partial charge < -0.3 is 30.1 Å². The molecule has 0 saturated carbocycles. The number of carbonyl (C=O) groups is 4. The van der Waals surface area contributed by atoms with Gasteiger partial charge in [0.25, 0.3) is 0 Å². The number of nitrogens with one attached hydrogen (secondary N) is 1. The molecule has 0 spiro atoms. The predicted molar refractivity (Wildman–Crippen MR) is 120 cm³/mol. The van der Waals surface area contributed by atoms with E-state index in [9.17, 15) is 19.2 Å². The first-order valence-corrected chi connectivity index (χ1v) is 11.9. The molecule has 0 aromatic carbocycles. The third-order valence-electron chi connectivity index (χ3n) is 6.27. The maximum absolute atomic E-state index is 12.7. The minimum atomic E-state index is -1.16. The summed E-state index contributed by atoms with van der Waals surface area (Å²) in [5.74, 6) is -2.43. The monoisotopic (exact) mass is 469 g/mol. The molecular weight excluding hydrogens is 430 g/mol. The Balaban J connectivity index is 1.72. The van der Waals surface area contributed by atoms with E-state index in [1.165, 1.54) is 0 Å². The quantitative estimate of drug-likeness (QED) is 0.489. The molecule has 2 rings (SSSR count). The van der Waals surface area contributed by atoms with E-state index >= 15 is 0 Å². The zero-order chi connectivity index (χ0) is 24.6. The van der Waals surface area contributed by atoms with Gasteiger partial charge >= 0.3 is 12.1 Å². The number of carbonyl (C=O) groups excluding carboxylic acids is 3. The van der Waals surface area contributed by atoms with E-state index in [0.717, 1.165) is 25.7 Å². The Hall–Kier alpha value is -2.36. The molecule has 33 heavy (non-hydrogen) atoms. The van der Waals surface area contributed by atoms with Crippen molar-refractivity contribution in [1.29, 1.82) is 0 Å². The van der Waals surface area contributed by atoms with Gasteiger partial charge in [0, 0.05) is 39.1 Å². The summed E-state index contributed by atoms with van der Waals surface area (Å²) in [5, 5.41) is 20.6. The van der Waals surface area contributed by atoms with Crippen LogP contribution in [0.1, 0.15) is 59.3 Å². The lowest BCUT2D eigenvalue weighted by Crippen LogP contribution is -2.47. The van der Waals surface area contributed by atoms with Crippen molar-refractivity contribution in [1.82, 2.24) is 15.1 Å². The fraction of sp³-hybridized carbons (Fsp3) is 0.826. The highest BCUT2D eigenvalue weighted by atomic mass is 16.6. The van der Waals surface area contributed by atoms with E-state index < -0.39 is 24.1 Å². The van der Waals surface area contributed by atoms with Crippen LogP contribution >= 0.6 is 0 Å². The third-order valence-corrected chi connectivity index (χ3v) is 6.27. The Labute approximate surface area is 195 Å². The van der Waals surface area contributed by atoms with Crippen molar-refractivity contribution in [3.8, 4) is 0 Å². The summed E-state index contributed by atoms with van der Waals surface area (Å²) in [6, 6.07) is 0. The molecule has 10 heteroatoms. The molecule has 2 aliphatic heterocycles. The number of hydrogen-bond donors (Lipinski definition) is 3. The van der Waals surface area contributed by atoms with Gasteiger partial charge in [0.05, 0.1) is 18.4 Å². The highest BCUT2D eigenvalue weighted by molar-refractivity contribution is 5.82. The average molecular weight is 470 g/mol. The molecule has 1 unspecified atom stereocenters. The normalized spacial score (nSPS) is 20.8. The number of likely N-dealkylation sites (tertiary alicyclic amines) is 2. The predicted octanol–water partition coefficient (Wildman–Crippen LogP) is 1.46. The molecule has 2 fully saturated rings. The molecule has 2 saturated heterocycles. The van der Waals surface area contributed by atoms with Gasteiger partial charge in [0.15, 0.2) is 0 Å². The number of aliphatic hydroxyl groups excluding tert-OH is 1. The van der Waals surface area contributed by atoms with Crippen LogP contribution in [0.4, 0.5) is 4.79 Å². The van der Waals surface area contributed by atoms with Crippen LogP contribution in [0, 0.1) is 17.8 Å². The highest BCUT2D eigenvalue weighted by Crippen LogP contribution is 2.25. The Morgan fingerprint density at radius 2 is 1.73 bits per heavy atom. The maximum Gasteiger partial charge on any atom is 0.410 e. The Bertz CT molecular complexity index is 699. The Kier molecular flexibility index (Phi) is 9.94. The van der Waals surface area contributed by atoms with Crippen molar-refractivity contribution in [2.75, 3.05) is 39.3 Å². The lowest BCUT2D eigenvalue weighted by molar-refractivity contribution is -0.143. The van der Waals surface area contributed by atoms with E-state index in [4.69, 9.17) is 14.9 Å². The average Bonchev–Trinajstić information content (AvgIpc) is 2.76. The van der Waals surface area contributed by atoms with E-state index in [0.29, 0.717) is 44.9 Å². The van der Waals surface area contributed by atoms with Gasteiger partial charge in [-0.1, -0.05) is 0 Å². The molecule has 3 amide bonds. The molecule has 0 bridgehead atoms. The molecule has 2 atom stereocenters. The van der Waals surface area contributed by atoms with Gasteiger partial charge in [-0.05, 0) is 58.8 Å². The minimum absolute atomic E-state index is 0.0286. The van der Waals surface area contributed by atoms with Crippen molar-refractivity contribution in [2.24, 2.45) is 17.8 Å². The highest BCUT2D eigenvalue weighted by Gasteiger charge is 2.31. The zero-order valence-corrected chi connectivity index (χ0v) is 20.0. The van der Waals surface area contributed by atoms with Gasteiger partial charge in [0.2, 0.25) is 11.8 Å². The van der Waals surface area contributed by atoms with Crippen LogP contribution in [0.15, 0.2) is 0 Å². The van der Waals surface area contributed by atoms with Gasteiger partial charge in [-0.2, -0.15) is 0 Å². The molecule has 2 heterocycles. The van der Waals surface area contributed by atoms with Crippen LogP contribution in [0.5, 0.6) is 0 Å². The lowest BCUT2D eigenvalue weighted by atomic mass is 9.91. The Morgan fingerprint density at radius 1 is 1.06 bits per heavy atom. The van der Waals surface area contributed by atoms with Gasteiger partial charge in [-0.15, -0.1) is 0 Å². The number of amides is 3. The molecule has 10 nitrogen and oxygen atoms in total. The van der Waals surface area contributed by atoms with E-state index in [1.807, 2.05) is 20.8 Å². The first-order chi connectivity index (χ1) is 15.5. The number of hydrogen-bond acceptors (Lipinski definition) is 6. The van der Waals surface area contributed by atoms with Crippen LogP contribution in [0.25, 0.3) is 0 Å². The van der Waals surface area contributed by atoms with E-state index in [2.05, 4.69) is 5.32 Å². The number of aliphatic hydroxyl groups is 1. The molecular formula is C23H39N3O7.